The molecule has 0 heterocycles. The van der Waals surface area contributed by atoms with Crippen molar-refractivity contribution in [2.75, 3.05) is 7.05 Å². The van der Waals surface area contributed by atoms with E-state index in [4.69, 9.17) is 5.73 Å². The Balaban J connectivity index is 3.10. The van der Waals surface area contributed by atoms with Crippen molar-refractivity contribution in [2.45, 2.75) is 20.0 Å². The van der Waals surface area contributed by atoms with Crippen molar-refractivity contribution >= 4 is 5.78 Å². The minimum atomic E-state index is 0.0961. The fraction of sp³-hybridized carbons (Fsp3) is 0.364. The average molecular weight is 192 g/mol. The zero-order valence-corrected chi connectivity index (χ0v) is 8.63. The van der Waals surface area contributed by atoms with Gasteiger partial charge in [0.2, 0.25) is 0 Å². The molecular weight excluding hydrogens is 176 g/mol. The largest absolute Gasteiger partial charge is 0.326 e. The van der Waals surface area contributed by atoms with Gasteiger partial charge in [-0.2, -0.15) is 0 Å². The summed E-state index contributed by atoms with van der Waals surface area (Å²) in [6.45, 7) is 2.79. The third kappa shape index (κ3) is 2.40. The third-order valence-corrected chi connectivity index (χ3v) is 2.15. The smallest absolute Gasteiger partial charge is 0.160 e. The van der Waals surface area contributed by atoms with Crippen LogP contribution in [0.1, 0.15) is 28.4 Å². The summed E-state index contributed by atoms with van der Waals surface area (Å²) in [6, 6.07) is 5.72. The molecule has 0 bridgehead atoms. The van der Waals surface area contributed by atoms with Gasteiger partial charge in [-0.25, -0.2) is 0 Å². The van der Waals surface area contributed by atoms with Crippen LogP contribution in [0.3, 0.4) is 0 Å². The summed E-state index contributed by atoms with van der Waals surface area (Å²) in [6.07, 6.45) is 0. The fourth-order valence-electron chi connectivity index (χ4n) is 1.45. The number of hydrogen-bond donors (Lipinski definition) is 2. The molecule has 0 saturated heterocycles. The molecule has 0 unspecified atom stereocenters. The van der Waals surface area contributed by atoms with Crippen LogP contribution in [0.2, 0.25) is 0 Å². The Morgan fingerprint density at radius 2 is 2.21 bits per heavy atom. The van der Waals surface area contributed by atoms with Crippen molar-refractivity contribution in [3.05, 3.63) is 34.9 Å². The van der Waals surface area contributed by atoms with E-state index in [9.17, 15) is 4.79 Å². The van der Waals surface area contributed by atoms with E-state index >= 15 is 0 Å². The van der Waals surface area contributed by atoms with Crippen LogP contribution in [0, 0.1) is 0 Å². The molecule has 0 atom stereocenters. The second-order valence-corrected chi connectivity index (χ2v) is 3.28. The van der Waals surface area contributed by atoms with Crippen molar-refractivity contribution in [3.63, 3.8) is 0 Å². The van der Waals surface area contributed by atoms with Gasteiger partial charge in [0.05, 0.1) is 0 Å². The summed E-state index contributed by atoms with van der Waals surface area (Å²) >= 11 is 0. The Labute approximate surface area is 84.3 Å². The number of Topliss-reactive ketones (excluding diaryl/α,β-unsaturated/α-hetero) is 1. The monoisotopic (exact) mass is 192 g/mol. The number of ketones is 1. The maximum atomic E-state index is 11.3. The highest BCUT2D eigenvalue weighted by Crippen LogP contribution is 2.12. The molecule has 1 aromatic rings. The van der Waals surface area contributed by atoms with Gasteiger partial charge >= 0.3 is 0 Å². The Kier molecular flexibility index (Phi) is 3.80. The van der Waals surface area contributed by atoms with E-state index in [-0.39, 0.29) is 5.78 Å². The molecule has 1 aromatic carbocycles. The predicted molar refractivity (Wildman–Crippen MR) is 57.1 cm³/mol. The number of benzene rings is 1. The average Bonchev–Trinajstić information content (AvgIpc) is 2.17. The summed E-state index contributed by atoms with van der Waals surface area (Å²) in [5, 5.41) is 3.04. The van der Waals surface area contributed by atoms with Gasteiger partial charge in [0.1, 0.15) is 0 Å². The van der Waals surface area contributed by atoms with Gasteiger partial charge in [-0.3, -0.25) is 4.79 Å². The molecule has 0 aliphatic carbocycles. The zero-order chi connectivity index (χ0) is 10.6. The lowest BCUT2D eigenvalue weighted by Crippen LogP contribution is -2.11. The molecule has 0 spiro atoms. The van der Waals surface area contributed by atoms with Crippen LogP contribution in [0.15, 0.2) is 18.2 Å². The summed E-state index contributed by atoms with van der Waals surface area (Å²) in [5.41, 5.74) is 8.38. The highest BCUT2D eigenvalue weighted by molar-refractivity contribution is 5.95. The lowest BCUT2D eigenvalue weighted by molar-refractivity contribution is 0.101. The summed E-state index contributed by atoms with van der Waals surface area (Å²) in [5.74, 6) is 0.0961. The Morgan fingerprint density at radius 1 is 1.50 bits per heavy atom. The molecular formula is C11H16N2O. The van der Waals surface area contributed by atoms with E-state index in [1.165, 1.54) is 0 Å². The van der Waals surface area contributed by atoms with Crippen LogP contribution in [0.5, 0.6) is 0 Å². The first kappa shape index (κ1) is 10.9. The number of carbonyl (C=O) groups excluding carboxylic acids is 1. The van der Waals surface area contributed by atoms with Crippen molar-refractivity contribution in [2.24, 2.45) is 5.73 Å². The fourth-order valence-corrected chi connectivity index (χ4v) is 1.45. The highest BCUT2D eigenvalue weighted by atomic mass is 16.1. The summed E-state index contributed by atoms with van der Waals surface area (Å²) < 4.78 is 0. The van der Waals surface area contributed by atoms with Crippen LogP contribution in [0.25, 0.3) is 0 Å². The molecule has 0 radical (unpaired) electrons. The topological polar surface area (TPSA) is 55.1 Å². The molecule has 0 aromatic heterocycles. The Bertz CT molecular complexity index is 334. The van der Waals surface area contributed by atoms with E-state index in [0.29, 0.717) is 13.1 Å². The third-order valence-electron chi connectivity index (χ3n) is 2.15. The van der Waals surface area contributed by atoms with E-state index in [1.54, 1.807) is 6.92 Å². The molecule has 1 rings (SSSR count). The van der Waals surface area contributed by atoms with Gasteiger partial charge in [-0.15, -0.1) is 0 Å². The predicted octanol–water partition coefficient (Wildman–Crippen LogP) is 1.07. The quantitative estimate of drug-likeness (QED) is 0.701. The summed E-state index contributed by atoms with van der Waals surface area (Å²) in [7, 11) is 1.86. The second kappa shape index (κ2) is 4.88. The van der Waals surface area contributed by atoms with Crippen LogP contribution in [-0.2, 0) is 13.1 Å². The summed E-state index contributed by atoms with van der Waals surface area (Å²) in [4.78, 5) is 11.3. The molecule has 0 fully saturated rings. The molecule has 0 aliphatic rings. The maximum Gasteiger partial charge on any atom is 0.160 e. The van der Waals surface area contributed by atoms with Gasteiger partial charge in [0, 0.05) is 18.7 Å². The van der Waals surface area contributed by atoms with Crippen molar-refractivity contribution < 1.29 is 4.79 Å². The molecule has 0 aliphatic heterocycles. The van der Waals surface area contributed by atoms with E-state index in [1.807, 2.05) is 25.2 Å². The van der Waals surface area contributed by atoms with E-state index < -0.39 is 0 Å². The van der Waals surface area contributed by atoms with Gasteiger partial charge in [-0.05, 0) is 25.1 Å². The van der Waals surface area contributed by atoms with E-state index in [2.05, 4.69) is 5.32 Å². The molecule has 0 amide bonds. The Hall–Kier alpha value is -1.19. The van der Waals surface area contributed by atoms with E-state index in [0.717, 1.165) is 16.7 Å². The normalized spacial score (nSPS) is 10.2. The zero-order valence-electron chi connectivity index (χ0n) is 8.63. The van der Waals surface area contributed by atoms with Crippen molar-refractivity contribution in [1.29, 1.82) is 0 Å². The minimum Gasteiger partial charge on any atom is -0.326 e. The molecule has 14 heavy (non-hydrogen) atoms. The second-order valence-electron chi connectivity index (χ2n) is 3.28. The van der Waals surface area contributed by atoms with Crippen LogP contribution in [-0.4, -0.2) is 12.8 Å². The molecule has 76 valence electrons. The lowest BCUT2D eigenvalue weighted by Gasteiger charge is -2.08. The Morgan fingerprint density at radius 3 is 2.71 bits per heavy atom. The first-order valence-corrected chi connectivity index (χ1v) is 4.66. The van der Waals surface area contributed by atoms with Crippen molar-refractivity contribution in [1.82, 2.24) is 5.32 Å². The minimum absolute atomic E-state index is 0.0961. The standard InChI is InChI=1S/C11H16N2O/c1-8(14)11-4-3-9(6-12)5-10(11)7-13-2/h3-5,13H,6-7,12H2,1-2H3. The van der Waals surface area contributed by atoms with Gasteiger partial charge < -0.3 is 11.1 Å². The highest BCUT2D eigenvalue weighted by Gasteiger charge is 2.06. The molecule has 0 saturated carbocycles. The van der Waals surface area contributed by atoms with Gasteiger partial charge in [0.25, 0.3) is 0 Å². The van der Waals surface area contributed by atoms with Crippen LogP contribution >= 0.6 is 0 Å². The molecule has 3 heteroatoms. The molecule has 3 nitrogen and oxygen atoms in total. The van der Waals surface area contributed by atoms with Crippen LogP contribution in [0.4, 0.5) is 0 Å². The number of nitrogens with two attached hydrogens (primary N) is 1. The maximum absolute atomic E-state index is 11.3. The van der Waals surface area contributed by atoms with Gasteiger partial charge in [0.15, 0.2) is 5.78 Å². The first-order chi connectivity index (χ1) is 6.69. The van der Waals surface area contributed by atoms with Gasteiger partial charge in [-0.1, -0.05) is 18.2 Å². The number of carbonyl (C=O) groups is 1. The number of hydrogen-bond acceptors (Lipinski definition) is 3. The van der Waals surface area contributed by atoms with Crippen LogP contribution < -0.4 is 11.1 Å². The number of rotatable bonds is 4. The first-order valence-electron chi connectivity index (χ1n) is 4.66. The SMILES string of the molecule is CNCc1cc(CN)ccc1C(C)=O. The van der Waals surface area contributed by atoms with Crippen molar-refractivity contribution in [3.8, 4) is 0 Å². The molecule has 3 N–H and O–H groups in total. The number of nitrogens with one attached hydrogen (secondary N) is 1. The lowest BCUT2D eigenvalue weighted by atomic mass is 10.0.